The Labute approximate surface area is 354 Å². The number of nitrogens with zero attached hydrogens (tertiary/aromatic N) is 5. The summed E-state index contributed by atoms with van der Waals surface area (Å²) in [4.78, 5) is 13.1. The lowest BCUT2D eigenvalue weighted by Gasteiger charge is -2.27. The predicted molar refractivity (Wildman–Crippen MR) is 253 cm³/mol. The summed E-state index contributed by atoms with van der Waals surface area (Å²) in [6, 6.07) is 67.7. The first kappa shape index (κ1) is 35.4. The molecular formula is C53H31N5S2. The van der Waals surface area contributed by atoms with Gasteiger partial charge in [0, 0.05) is 59.9 Å². The second-order valence-corrected chi connectivity index (χ2v) is 16.8. The lowest BCUT2D eigenvalue weighted by atomic mass is 10.00. The summed E-state index contributed by atoms with van der Waals surface area (Å²) in [7, 11) is 0. The van der Waals surface area contributed by atoms with E-state index in [2.05, 4.69) is 142 Å². The van der Waals surface area contributed by atoms with Crippen molar-refractivity contribution in [1.82, 2.24) is 4.98 Å². The van der Waals surface area contributed by atoms with Crippen LogP contribution in [0.3, 0.4) is 0 Å². The largest absolute Gasteiger partial charge is 0.311 e. The van der Waals surface area contributed by atoms with Crippen LogP contribution in [0.5, 0.6) is 0 Å². The Morgan fingerprint density at radius 2 is 1.03 bits per heavy atom. The van der Waals surface area contributed by atoms with Crippen molar-refractivity contribution >= 4 is 114 Å². The fraction of sp³-hybridized carbons (Fsp3) is 0. The molecule has 7 heteroatoms. The number of benzene rings is 9. The van der Waals surface area contributed by atoms with Crippen LogP contribution in [0.2, 0.25) is 0 Å². The molecule has 0 radical (unpaired) electrons. The first-order chi connectivity index (χ1) is 29.6. The Morgan fingerprint density at radius 1 is 0.467 bits per heavy atom. The number of rotatable bonds is 7. The number of hydrogen-bond donors (Lipinski definition) is 0. The molecule has 2 heterocycles. The molecule has 0 bridgehead atoms. The van der Waals surface area contributed by atoms with Crippen LogP contribution in [0.25, 0.3) is 67.3 Å². The minimum Gasteiger partial charge on any atom is -0.311 e. The van der Waals surface area contributed by atoms with Gasteiger partial charge in [0.05, 0.1) is 28.4 Å². The highest BCUT2D eigenvalue weighted by molar-refractivity contribution is 7.25. The van der Waals surface area contributed by atoms with Gasteiger partial charge in [0.1, 0.15) is 5.01 Å². The number of aromatic nitrogens is 1. The topological polar surface area (TPSA) is 47.5 Å². The molecule has 0 spiro atoms. The van der Waals surface area contributed by atoms with Crippen LogP contribution in [-0.4, -0.2) is 4.98 Å². The van der Waals surface area contributed by atoms with E-state index in [1.54, 1.807) is 11.3 Å². The molecule has 0 fully saturated rings. The van der Waals surface area contributed by atoms with Gasteiger partial charge >= 0.3 is 0 Å². The molecule has 0 atom stereocenters. The van der Waals surface area contributed by atoms with Crippen molar-refractivity contribution in [3.05, 3.63) is 205 Å². The van der Waals surface area contributed by atoms with Crippen molar-refractivity contribution in [3.8, 4) is 16.6 Å². The van der Waals surface area contributed by atoms with Crippen LogP contribution in [0.4, 0.5) is 39.8 Å². The van der Waals surface area contributed by atoms with Gasteiger partial charge in [0.2, 0.25) is 0 Å². The van der Waals surface area contributed by atoms with E-state index >= 15 is 0 Å². The van der Waals surface area contributed by atoms with Crippen LogP contribution in [-0.2, 0) is 0 Å². The molecule has 0 unspecified atom stereocenters. The molecule has 280 valence electrons. The van der Waals surface area contributed by atoms with E-state index in [9.17, 15) is 5.26 Å². The van der Waals surface area contributed by atoms with Gasteiger partial charge in [-0.15, -0.1) is 22.7 Å². The maximum Gasteiger partial charge on any atom is 0.187 e. The summed E-state index contributed by atoms with van der Waals surface area (Å²) in [6.07, 6.45) is 0. The van der Waals surface area contributed by atoms with E-state index in [4.69, 9.17) is 11.6 Å². The van der Waals surface area contributed by atoms with Gasteiger partial charge in [0.25, 0.3) is 0 Å². The number of fused-ring (bicyclic) bond motifs is 7. The summed E-state index contributed by atoms with van der Waals surface area (Å²) in [5.74, 6) is 0. The Hall–Kier alpha value is -7.81. The first-order valence-corrected chi connectivity index (χ1v) is 21.2. The quantitative estimate of drug-likeness (QED) is 0.119. The van der Waals surface area contributed by atoms with E-state index in [-0.39, 0.29) is 0 Å². The third kappa shape index (κ3) is 6.18. The lowest BCUT2D eigenvalue weighted by molar-refractivity contribution is 1.29. The second-order valence-electron chi connectivity index (χ2n) is 14.6. The SMILES string of the molecule is [C-]#[N+]c1ccc(N(c2ccc3c(ccc4cc(N(c5ccc(C#N)cc5)c5ccc6sc7ccccc7c6c5)ccc43)c2)c2ccc3nc(-c4ccccc4)sc3c2)cc1. The van der Waals surface area contributed by atoms with Crippen molar-refractivity contribution in [2.45, 2.75) is 0 Å². The molecule has 0 saturated carbocycles. The molecule has 0 amide bonds. The number of thiazole rings is 1. The zero-order valence-electron chi connectivity index (χ0n) is 32.0. The van der Waals surface area contributed by atoms with Gasteiger partial charge < -0.3 is 9.80 Å². The molecule has 0 aliphatic heterocycles. The van der Waals surface area contributed by atoms with Crippen LogP contribution >= 0.6 is 22.7 Å². The summed E-state index contributed by atoms with van der Waals surface area (Å²) in [5, 5.41) is 17.6. The van der Waals surface area contributed by atoms with Crippen LogP contribution in [0.15, 0.2) is 188 Å². The van der Waals surface area contributed by atoms with E-state index in [1.807, 2.05) is 78.1 Å². The third-order valence-electron chi connectivity index (χ3n) is 11.1. The van der Waals surface area contributed by atoms with E-state index < -0.39 is 0 Å². The van der Waals surface area contributed by atoms with Gasteiger partial charge in [-0.2, -0.15) is 5.26 Å². The monoisotopic (exact) mass is 801 g/mol. The Balaban J connectivity index is 1.01. The van der Waals surface area contributed by atoms with Crippen molar-refractivity contribution in [1.29, 1.82) is 5.26 Å². The van der Waals surface area contributed by atoms with Gasteiger partial charge in [-0.05, 0) is 125 Å². The molecule has 0 aliphatic rings. The fourth-order valence-electron chi connectivity index (χ4n) is 8.19. The Kier molecular flexibility index (Phi) is 8.57. The standard InChI is InChI=1S/C53H31N5S2/c1-55-38-15-19-40(20-16-38)58(44-23-27-49-52(32-44)60-53(56-49)35-7-3-2-4-8-35)42-22-26-46-37(30-42)14-13-36-29-41(21-25-45(36)46)57(39-17-11-34(33-54)12-18-39)43-24-28-51-48(31-43)47-9-5-6-10-50(47)59-51/h2-32H. The van der Waals surface area contributed by atoms with Gasteiger partial charge in [-0.25, -0.2) is 9.83 Å². The first-order valence-electron chi connectivity index (χ1n) is 19.5. The molecule has 60 heavy (non-hydrogen) atoms. The molecule has 9 aromatic carbocycles. The summed E-state index contributed by atoms with van der Waals surface area (Å²) in [6.45, 7) is 7.55. The molecule has 0 saturated heterocycles. The van der Waals surface area contributed by atoms with Crippen molar-refractivity contribution in [3.63, 3.8) is 0 Å². The summed E-state index contributed by atoms with van der Waals surface area (Å²) >= 11 is 3.50. The van der Waals surface area contributed by atoms with Crippen molar-refractivity contribution in [2.75, 3.05) is 9.80 Å². The highest BCUT2D eigenvalue weighted by atomic mass is 32.1. The zero-order valence-corrected chi connectivity index (χ0v) is 33.6. The summed E-state index contributed by atoms with van der Waals surface area (Å²) < 4.78 is 3.63. The average Bonchev–Trinajstić information content (AvgIpc) is 3.91. The van der Waals surface area contributed by atoms with E-state index in [1.165, 1.54) is 20.2 Å². The zero-order chi connectivity index (χ0) is 40.2. The average molecular weight is 802 g/mol. The number of hydrogen-bond acceptors (Lipinski definition) is 6. The molecule has 11 rings (SSSR count). The third-order valence-corrected chi connectivity index (χ3v) is 13.3. The van der Waals surface area contributed by atoms with Crippen molar-refractivity contribution < 1.29 is 0 Å². The maximum absolute atomic E-state index is 9.58. The highest BCUT2D eigenvalue weighted by Gasteiger charge is 2.19. The molecular weight excluding hydrogens is 771 g/mol. The molecule has 0 N–H and O–H groups in total. The minimum atomic E-state index is 0.603. The highest BCUT2D eigenvalue weighted by Crippen LogP contribution is 2.44. The number of nitriles is 1. The van der Waals surface area contributed by atoms with E-state index in [0.717, 1.165) is 76.5 Å². The molecule has 11 aromatic rings. The summed E-state index contributed by atoms with van der Waals surface area (Å²) in [5.41, 5.74) is 9.37. The number of thiophene rings is 1. The van der Waals surface area contributed by atoms with Gasteiger partial charge in [0.15, 0.2) is 5.69 Å². The molecule has 0 aliphatic carbocycles. The maximum atomic E-state index is 9.58. The van der Waals surface area contributed by atoms with E-state index in [0.29, 0.717) is 11.3 Å². The van der Waals surface area contributed by atoms with Crippen LogP contribution in [0.1, 0.15) is 5.56 Å². The molecule has 2 aromatic heterocycles. The lowest BCUT2D eigenvalue weighted by Crippen LogP contribution is -2.10. The second kappa shape index (κ2) is 14.5. The normalized spacial score (nSPS) is 11.3. The minimum absolute atomic E-state index is 0.603. The van der Waals surface area contributed by atoms with Crippen molar-refractivity contribution in [2.24, 2.45) is 0 Å². The van der Waals surface area contributed by atoms with Crippen LogP contribution < -0.4 is 9.80 Å². The van der Waals surface area contributed by atoms with Crippen LogP contribution in [0, 0.1) is 17.9 Å². The Morgan fingerprint density at radius 3 is 1.72 bits per heavy atom. The van der Waals surface area contributed by atoms with Gasteiger partial charge in [-0.3, -0.25) is 0 Å². The number of anilines is 6. The van der Waals surface area contributed by atoms with Gasteiger partial charge in [-0.1, -0.05) is 84.9 Å². The molecule has 5 nitrogen and oxygen atoms in total. The Bertz CT molecular complexity index is 3520. The fourth-order valence-corrected chi connectivity index (χ4v) is 10.3. The smallest absolute Gasteiger partial charge is 0.187 e. The predicted octanol–water partition coefficient (Wildman–Crippen LogP) is 16.0.